The van der Waals surface area contributed by atoms with Crippen LogP contribution in [0.2, 0.25) is 0 Å². The van der Waals surface area contributed by atoms with Crippen LogP contribution in [0.3, 0.4) is 0 Å². The minimum Gasteiger partial charge on any atom is -0.495 e. The summed E-state index contributed by atoms with van der Waals surface area (Å²) < 4.78 is 10.3. The molecule has 1 aliphatic rings. The van der Waals surface area contributed by atoms with Crippen molar-refractivity contribution in [3.05, 3.63) is 36.0 Å². The minimum absolute atomic E-state index is 0.0713. The Morgan fingerprint density at radius 2 is 2.22 bits per heavy atom. The third-order valence-electron chi connectivity index (χ3n) is 4.29. The number of hydrogen-bond acceptors (Lipinski definition) is 7. The van der Waals surface area contributed by atoms with Crippen molar-refractivity contribution in [1.29, 1.82) is 0 Å². The number of nitrogens with one attached hydrogen (secondary N) is 1. The number of aliphatic hydroxyl groups excluding tert-OH is 1. The average Bonchev–Trinajstić information content (AvgIpc) is 3.03. The molecule has 144 valence electrons. The average molecular weight is 374 g/mol. The van der Waals surface area contributed by atoms with Crippen LogP contribution in [0.4, 0.5) is 5.69 Å². The Morgan fingerprint density at radius 3 is 3.04 bits per heavy atom. The minimum atomic E-state index is -0.985. The van der Waals surface area contributed by atoms with E-state index in [2.05, 4.69) is 15.5 Å². The van der Waals surface area contributed by atoms with E-state index < -0.39 is 6.10 Å². The number of rotatable bonds is 6. The molecule has 1 aromatic carbocycles. The Morgan fingerprint density at radius 1 is 1.41 bits per heavy atom. The van der Waals surface area contributed by atoms with E-state index in [-0.39, 0.29) is 36.5 Å². The van der Waals surface area contributed by atoms with Gasteiger partial charge in [0.25, 0.3) is 5.91 Å². The van der Waals surface area contributed by atoms with Crippen LogP contribution < -0.4 is 10.1 Å². The number of likely N-dealkylation sites (tertiary alicyclic amines) is 1. The molecule has 1 unspecified atom stereocenters. The standard InChI is InChI=1S/C18H22N4O5/c1-26-14-8-3-2-6-12(14)19-16(24)10-15-20-17(27-21-15)11-22-9-5-4-7-13(23)18(22)25/h2-3,6,8,13,23H,4-5,7,9-11H2,1H3,(H,19,24). The predicted molar refractivity (Wildman–Crippen MR) is 94.9 cm³/mol. The molecule has 2 aromatic rings. The fourth-order valence-electron chi connectivity index (χ4n) is 2.92. The van der Waals surface area contributed by atoms with Crippen molar-refractivity contribution in [1.82, 2.24) is 15.0 Å². The molecule has 0 spiro atoms. The summed E-state index contributed by atoms with van der Waals surface area (Å²) in [6.07, 6.45) is 1.01. The molecule has 2 amide bonds. The Labute approximate surface area is 156 Å². The largest absolute Gasteiger partial charge is 0.495 e. The van der Waals surface area contributed by atoms with Crippen molar-refractivity contribution in [3.8, 4) is 5.75 Å². The topological polar surface area (TPSA) is 118 Å². The summed E-state index contributed by atoms with van der Waals surface area (Å²) in [5.74, 6) is 0.366. The molecule has 1 aliphatic heterocycles. The molecular weight excluding hydrogens is 352 g/mol. The molecule has 9 heteroatoms. The van der Waals surface area contributed by atoms with Crippen LogP contribution >= 0.6 is 0 Å². The molecule has 0 radical (unpaired) electrons. The normalized spacial score (nSPS) is 17.5. The highest BCUT2D eigenvalue weighted by molar-refractivity contribution is 5.93. The lowest BCUT2D eigenvalue weighted by Crippen LogP contribution is -2.37. The molecular formula is C18H22N4O5. The van der Waals surface area contributed by atoms with Gasteiger partial charge in [0.2, 0.25) is 11.8 Å². The summed E-state index contributed by atoms with van der Waals surface area (Å²) >= 11 is 0. The van der Waals surface area contributed by atoms with Gasteiger partial charge in [-0.15, -0.1) is 0 Å². The Bertz CT molecular complexity index is 807. The molecule has 2 heterocycles. The van der Waals surface area contributed by atoms with Crippen LogP contribution in [0.5, 0.6) is 5.75 Å². The number of anilines is 1. The van der Waals surface area contributed by atoms with Crippen molar-refractivity contribution >= 4 is 17.5 Å². The molecule has 2 N–H and O–H groups in total. The number of aromatic nitrogens is 2. The molecule has 1 fully saturated rings. The molecule has 0 saturated carbocycles. The lowest BCUT2D eigenvalue weighted by Gasteiger charge is -2.19. The van der Waals surface area contributed by atoms with Gasteiger partial charge in [-0.2, -0.15) is 4.98 Å². The Hall–Kier alpha value is -2.94. The molecule has 1 saturated heterocycles. The second-order valence-electron chi connectivity index (χ2n) is 6.30. The maximum atomic E-state index is 12.2. The van der Waals surface area contributed by atoms with E-state index in [1.165, 1.54) is 12.0 Å². The number of carbonyl (C=O) groups excluding carboxylic acids is 2. The maximum Gasteiger partial charge on any atom is 0.251 e. The zero-order valence-electron chi connectivity index (χ0n) is 15.1. The molecule has 27 heavy (non-hydrogen) atoms. The SMILES string of the molecule is COc1ccccc1NC(=O)Cc1noc(CN2CCCCC(O)C2=O)n1. The zero-order valence-corrected chi connectivity index (χ0v) is 15.1. The maximum absolute atomic E-state index is 12.2. The first-order chi connectivity index (χ1) is 13.1. The smallest absolute Gasteiger partial charge is 0.251 e. The number of methoxy groups -OCH3 is 1. The van der Waals surface area contributed by atoms with Crippen molar-refractivity contribution < 1.29 is 24.0 Å². The summed E-state index contributed by atoms with van der Waals surface area (Å²) in [6.45, 7) is 0.652. The van der Waals surface area contributed by atoms with Gasteiger partial charge in [-0.3, -0.25) is 9.59 Å². The molecule has 1 atom stereocenters. The van der Waals surface area contributed by atoms with E-state index in [4.69, 9.17) is 9.26 Å². The number of para-hydroxylation sites is 2. The lowest BCUT2D eigenvalue weighted by molar-refractivity contribution is -0.140. The molecule has 9 nitrogen and oxygen atoms in total. The summed E-state index contributed by atoms with van der Waals surface area (Å²) in [6, 6.07) is 7.07. The number of ether oxygens (including phenoxy) is 1. The van der Waals surface area contributed by atoms with Crippen molar-refractivity contribution in [2.45, 2.75) is 38.3 Å². The first-order valence-corrected chi connectivity index (χ1v) is 8.78. The fourth-order valence-corrected chi connectivity index (χ4v) is 2.92. The number of amides is 2. The molecule has 3 rings (SSSR count). The number of carbonyl (C=O) groups is 2. The van der Waals surface area contributed by atoms with E-state index in [1.807, 2.05) is 0 Å². The van der Waals surface area contributed by atoms with Crippen LogP contribution in [0.15, 0.2) is 28.8 Å². The van der Waals surface area contributed by atoms with Crippen molar-refractivity contribution in [2.75, 3.05) is 19.0 Å². The fraction of sp³-hybridized carbons (Fsp3) is 0.444. The van der Waals surface area contributed by atoms with Gasteiger partial charge in [-0.1, -0.05) is 17.3 Å². The third-order valence-corrected chi connectivity index (χ3v) is 4.29. The summed E-state index contributed by atoms with van der Waals surface area (Å²) in [4.78, 5) is 30.0. The first-order valence-electron chi connectivity index (χ1n) is 8.78. The summed E-state index contributed by atoms with van der Waals surface area (Å²) in [5, 5.41) is 16.3. The summed E-state index contributed by atoms with van der Waals surface area (Å²) in [7, 11) is 1.53. The highest BCUT2D eigenvalue weighted by atomic mass is 16.5. The van der Waals surface area contributed by atoms with Gasteiger partial charge in [0.05, 0.1) is 19.2 Å². The number of aliphatic hydroxyl groups is 1. The van der Waals surface area contributed by atoms with Gasteiger partial charge in [0.1, 0.15) is 18.4 Å². The van der Waals surface area contributed by atoms with Crippen LogP contribution in [0.25, 0.3) is 0 Å². The predicted octanol–water partition coefficient (Wildman–Crippen LogP) is 1.13. The summed E-state index contributed by atoms with van der Waals surface area (Å²) in [5.41, 5.74) is 0.554. The van der Waals surface area contributed by atoms with Gasteiger partial charge in [-0.25, -0.2) is 0 Å². The molecule has 1 aromatic heterocycles. The first kappa shape index (κ1) is 18.8. The van der Waals surface area contributed by atoms with Gasteiger partial charge >= 0.3 is 0 Å². The van der Waals surface area contributed by atoms with E-state index in [1.54, 1.807) is 24.3 Å². The second-order valence-corrected chi connectivity index (χ2v) is 6.30. The van der Waals surface area contributed by atoms with Gasteiger partial charge in [0.15, 0.2) is 5.82 Å². The highest BCUT2D eigenvalue weighted by Gasteiger charge is 2.26. The third kappa shape index (κ3) is 4.82. The van der Waals surface area contributed by atoms with Gasteiger partial charge < -0.3 is 24.6 Å². The van der Waals surface area contributed by atoms with Crippen molar-refractivity contribution in [2.24, 2.45) is 0 Å². The number of hydrogen-bond donors (Lipinski definition) is 2. The van der Waals surface area contributed by atoms with Crippen molar-refractivity contribution in [3.63, 3.8) is 0 Å². The highest BCUT2D eigenvalue weighted by Crippen LogP contribution is 2.23. The van der Waals surface area contributed by atoms with E-state index >= 15 is 0 Å². The zero-order chi connectivity index (χ0) is 19.2. The van der Waals surface area contributed by atoms with Gasteiger partial charge in [0, 0.05) is 6.54 Å². The van der Waals surface area contributed by atoms with E-state index in [9.17, 15) is 14.7 Å². The van der Waals surface area contributed by atoms with Crippen LogP contribution in [-0.2, 0) is 22.6 Å². The quantitative estimate of drug-likeness (QED) is 0.778. The number of nitrogens with zero attached hydrogens (tertiary/aromatic N) is 3. The number of benzene rings is 1. The Balaban J connectivity index is 1.59. The monoisotopic (exact) mass is 374 g/mol. The van der Waals surface area contributed by atoms with Crippen LogP contribution in [-0.4, -0.2) is 51.7 Å². The molecule has 0 aliphatic carbocycles. The molecule has 0 bridgehead atoms. The second kappa shape index (κ2) is 8.63. The van der Waals surface area contributed by atoms with E-state index in [0.717, 1.165) is 12.8 Å². The van der Waals surface area contributed by atoms with Crippen LogP contribution in [0, 0.1) is 0 Å². The van der Waals surface area contributed by atoms with E-state index in [0.29, 0.717) is 24.4 Å². The van der Waals surface area contributed by atoms with Crippen LogP contribution in [0.1, 0.15) is 31.0 Å². The van der Waals surface area contributed by atoms with Gasteiger partial charge in [-0.05, 0) is 31.4 Å². The Kier molecular flexibility index (Phi) is 6.02. The lowest BCUT2D eigenvalue weighted by atomic mass is 10.2.